The lowest BCUT2D eigenvalue weighted by molar-refractivity contribution is -0.132. The van der Waals surface area contributed by atoms with Gasteiger partial charge in [-0.05, 0) is 38.4 Å². The highest BCUT2D eigenvalue weighted by molar-refractivity contribution is 5.76. The standard InChI is InChI=1S/C18H27N3O/c1-15(21-10-9-16-5-3-4-6-17(16)21)7-8-18(22)20-13-11-19(2)12-14-20/h3-6,15H,7-14H2,1-2H3. The number of likely N-dealkylation sites (N-methyl/N-ethyl adjacent to an activating group) is 1. The summed E-state index contributed by atoms with van der Waals surface area (Å²) in [5.74, 6) is 0.326. The van der Waals surface area contributed by atoms with Crippen molar-refractivity contribution in [2.24, 2.45) is 0 Å². The Morgan fingerprint density at radius 1 is 1.14 bits per heavy atom. The van der Waals surface area contributed by atoms with Crippen LogP contribution in [0.3, 0.4) is 0 Å². The molecule has 2 aliphatic rings. The average Bonchev–Trinajstić information content (AvgIpc) is 2.97. The lowest BCUT2D eigenvalue weighted by Crippen LogP contribution is -2.47. The van der Waals surface area contributed by atoms with Crippen LogP contribution < -0.4 is 4.90 Å². The molecule has 1 amide bonds. The van der Waals surface area contributed by atoms with Crippen molar-refractivity contribution in [1.29, 1.82) is 0 Å². The minimum atomic E-state index is 0.326. The third-order valence-electron chi connectivity index (χ3n) is 5.09. The van der Waals surface area contributed by atoms with Crippen LogP contribution in [0.15, 0.2) is 24.3 Å². The van der Waals surface area contributed by atoms with Crippen LogP contribution in [0.4, 0.5) is 5.69 Å². The number of carbonyl (C=O) groups excluding carboxylic acids is 1. The summed E-state index contributed by atoms with van der Waals surface area (Å²) in [4.78, 5) is 19.1. The molecular formula is C18H27N3O. The quantitative estimate of drug-likeness (QED) is 0.851. The molecule has 2 heterocycles. The van der Waals surface area contributed by atoms with Crippen LogP contribution in [0.25, 0.3) is 0 Å². The van der Waals surface area contributed by atoms with Gasteiger partial charge in [-0.15, -0.1) is 0 Å². The zero-order chi connectivity index (χ0) is 15.5. The summed E-state index contributed by atoms with van der Waals surface area (Å²) in [6, 6.07) is 9.09. The van der Waals surface area contributed by atoms with Gasteiger partial charge >= 0.3 is 0 Å². The lowest BCUT2D eigenvalue weighted by atomic mass is 10.1. The van der Waals surface area contributed by atoms with Crippen LogP contribution in [-0.4, -0.2) is 61.5 Å². The first kappa shape index (κ1) is 15.3. The summed E-state index contributed by atoms with van der Waals surface area (Å²) in [7, 11) is 2.12. The van der Waals surface area contributed by atoms with E-state index in [4.69, 9.17) is 0 Å². The minimum Gasteiger partial charge on any atom is -0.368 e. The number of fused-ring (bicyclic) bond motifs is 1. The van der Waals surface area contributed by atoms with Crippen LogP contribution in [-0.2, 0) is 11.2 Å². The number of anilines is 1. The molecule has 1 aromatic rings. The second-order valence-corrected chi connectivity index (χ2v) is 6.64. The zero-order valence-electron chi connectivity index (χ0n) is 13.8. The van der Waals surface area contributed by atoms with Gasteiger partial charge in [0, 0.05) is 50.9 Å². The molecule has 1 unspecified atom stereocenters. The van der Waals surface area contributed by atoms with Crippen molar-refractivity contribution >= 4 is 11.6 Å². The normalized spacial score (nSPS) is 20.1. The summed E-state index contributed by atoms with van der Waals surface area (Å²) >= 11 is 0. The molecule has 3 rings (SSSR count). The van der Waals surface area contributed by atoms with Gasteiger partial charge in [0.25, 0.3) is 0 Å². The van der Waals surface area contributed by atoms with E-state index in [0.717, 1.165) is 45.6 Å². The molecule has 1 fully saturated rings. The number of hydrogen-bond acceptors (Lipinski definition) is 3. The van der Waals surface area contributed by atoms with Gasteiger partial charge in [-0.3, -0.25) is 4.79 Å². The van der Waals surface area contributed by atoms with Crippen LogP contribution in [0.1, 0.15) is 25.3 Å². The summed E-state index contributed by atoms with van der Waals surface area (Å²) in [5.41, 5.74) is 2.81. The highest BCUT2D eigenvalue weighted by atomic mass is 16.2. The van der Waals surface area contributed by atoms with E-state index in [2.05, 4.69) is 48.0 Å². The zero-order valence-corrected chi connectivity index (χ0v) is 13.8. The fourth-order valence-electron chi connectivity index (χ4n) is 3.52. The van der Waals surface area contributed by atoms with E-state index >= 15 is 0 Å². The minimum absolute atomic E-state index is 0.326. The van der Waals surface area contributed by atoms with E-state index in [-0.39, 0.29) is 0 Å². The molecule has 0 aromatic heterocycles. The number of hydrogen-bond donors (Lipinski definition) is 0. The van der Waals surface area contributed by atoms with Gasteiger partial charge in [-0.1, -0.05) is 18.2 Å². The molecule has 0 saturated carbocycles. The van der Waals surface area contributed by atoms with E-state index in [1.165, 1.54) is 11.3 Å². The molecule has 0 N–H and O–H groups in total. The first-order valence-electron chi connectivity index (χ1n) is 8.46. The molecule has 0 bridgehead atoms. The van der Waals surface area contributed by atoms with Crippen molar-refractivity contribution in [2.75, 3.05) is 44.7 Å². The van der Waals surface area contributed by atoms with Crippen molar-refractivity contribution in [3.05, 3.63) is 29.8 Å². The number of piperazine rings is 1. The lowest BCUT2D eigenvalue weighted by Gasteiger charge is -2.33. The van der Waals surface area contributed by atoms with Crippen molar-refractivity contribution < 1.29 is 4.79 Å². The van der Waals surface area contributed by atoms with E-state index in [0.29, 0.717) is 18.4 Å². The van der Waals surface area contributed by atoms with Gasteiger partial charge in [-0.25, -0.2) is 0 Å². The number of amides is 1. The highest BCUT2D eigenvalue weighted by Crippen LogP contribution is 2.30. The Balaban J connectivity index is 1.51. The Bertz CT molecular complexity index is 523. The molecule has 1 atom stereocenters. The Labute approximate surface area is 133 Å². The summed E-state index contributed by atoms with van der Waals surface area (Å²) < 4.78 is 0. The number of para-hydroxylation sites is 1. The highest BCUT2D eigenvalue weighted by Gasteiger charge is 2.24. The Morgan fingerprint density at radius 3 is 2.64 bits per heavy atom. The number of benzene rings is 1. The second-order valence-electron chi connectivity index (χ2n) is 6.64. The Kier molecular flexibility index (Phi) is 4.67. The van der Waals surface area contributed by atoms with Crippen molar-refractivity contribution in [2.45, 2.75) is 32.2 Å². The summed E-state index contributed by atoms with van der Waals surface area (Å²) in [6.45, 7) is 7.11. The van der Waals surface area contributed by atoms with Gasteiger partial charge in [0.05, 0.1) is 0 Å². The second kappa shape index (κ2) is 6.69. The maximum atomic E-state index is 12.4. The predicted molar refractivity (Wildman–Crippen MR) is 90.3 cm³/mol. The maximum absolute atomic E-state index is 12.4. The SMILES string of the molecule is CC(CCC(=O)N1CCN(C)CC1)N1CCc2ccccc21. The largest absolute Gasteiger partial charge is 0.368 e. The first-order valence-corrected chi connectivity index (χ1v) is 8.46. The predicted octanol–water partition coefficient (Wildman–Crippen LogP) is 1.99. The average molecular weight is 301 g/mol. The fraction of sp³-hybridized carbons (Fsp3) is 0.611. The monoisotopic (exact) mass is 301 g/mol. The number of nitrogens with zero attached hydrogens (tertiary/aromatic N) is 3. The molecule has 0 aliphatic carbocycles. The molecule has 0 spiro atoms. The Morgan fingerprint density at radius 2 is 1.86 bits per heavy atom. The van der Waals surface area contributed by atoms with Crippen molar-refractivity contribution in [3.8, 4) is 0 Å². The third kappa shape index (κ3) is 3.27. The molecule has 4 nitrogen and oxygen atoms in total. The smallest absolute Gasteiger partial charge is 0.222 e. The number of rotatable bonds is 4. The molecule has 2 aliphatic heterocycles. The first-order chi connectivity index (χ1) is 10.6. The van der Waals surface area contributed by atoms with Gasteiger partial charge in [0.15, 0.2) is 0 Å². The number of carbonyl (C=O) groups is 1. The van der Waals surface area contributed by atoms with Crippen molar-refractivity contribution in [1.82, 2.24) is 9.80 Å². The molecule has 120 valence electrons. The molecule has 22 heavy (non-hydrogen) atoms. The van der Waals surface area contributed by atoms with Gasteiger partial charge in [-0.2, -0.15) is 0 Å². The van der Waals surface area contributed by atoms with Gasteiger partial charge < -0.3 is 14.7 Å². The topological polar surface area (TPSA) is 26.8 Å². The Hall–Kier alpha value is -1.55. The van der Waals surface area contributed by atoms with Gasteiger partial charge in [0.1, 0.15) is 0 Å². The van der Waals surface area contributed by atoms with Crippen LogP contribution >= 0.6 is 0 Å². The van der Waals surface area contributed by atoms with E-state index in [1.807, 2.05) is 4.90 Å². The molecule has 1 saturated heterocycles. The van der Waals surface area contributed by atoms with Crippen LogP contribution in [0.2, 0.25) is 0 Å². The van der Waals surface area contributed by atoms with Crippen LogP contribution in [0.5, 0.6) is 0 Å². The molecule has 4 heteroatoms. The van der Waals surface area contributed by atoms with E-state index < -0.39 is 0 Å². The maximum Gasteiger partial charge on any atom is 0.222 e. The third-order valence-corrected chi connectivity index (χ3v) is 5.09. The van der Waals surface area contributed by atoms with Gasteiger partial charge in [0.2, 0.25) is 5.91 Å². The fourth-order valence-corrected chi connectivity index (χ4v) is 3.52. The van der Waals surface area contributed by atoms with E-state index in [1.54, 1.807) is 0 Å². The van der Waals surface area contributed by atoms with Crippen LogP contribution in [0, 0.1) is 0 Å². The molecule has 0 radical (unpaired) electrons. The van der Waals surface area contributed by atoms with Crippen molar-refractivity contribution in [3.63, 3.8) is 0 Å². The molecule has 1 aromatic carbocycles. The molecular weight excluding hydrogens is 274 g/mol. The summed E-state index contributed by atoms with van der Waals surface area (Å²) in [6.07, 6.45) is 2.75. The summed E-state index contributed by atoms with van der Waals surface area (Å²) in [5, 5.41) is 0. The van der Waals surface area contributed by atoms with E-state index in [9.17, 15) is 4.79 Å².